The summed E-state index contributed by atoms with van der Waals surface area (Å²) in [6, 6.07) is 11.6. The number of amides is 1. The number of carbonyl (C=O) groups excluding carboxylic acids is 1. The zero-order valence-corrected chi connectivity index (χ0v) is 16.4. The number of carbonyl (C=O) groups is 1. The molecule has 2 N–H and O–H groups in total. The normalized spacial score (nSPS) is 11.1. The first-order chi connectivity index (χ1) is 12.9. The van der Waals surface area contributed by atoms with Gasteiger partial charge in [-0.25, -0.2) is 13.1 Å². The van der Waals surface area contributed by atoms with Gasteiger partial charge in [-0.2, -0.15) is 0 Å². The minimum atomic E-state index is -3.76. The van der Waals surface area contributed by atoms with E-state index in [1.807, 2.05) is 19.1 Å². The molecular formula is C19H24N2O5S. The van der Waals surface area contributed by atoms with Crippen molar-refractivity contribution in [2.45, 2.75) is 24.8 Å². The van der Waals surface area contributed by atoms with E-state index in [2.05, 4.69) is 10.0 Å². The maximum absolute atomic E-state index is 12.5. The second-order valence-corrected chi connectivity index (χ2v) is 7.53. The van der Waals surface area contributed by atoms with E-state index in [0.29, 0.717) is 19.5 Å². The van der Waals surface area contributed by atoms with Crippen LogP contribution < -0.4 is 19.5 Å². The summed E-state index contributed by atoms with van der Waals surface area (Å²) < 4.78 is 37.6. The Morgan fingerprint density at radius 2 is 1.74 bits per heavy atom. The lowest BCUT2D eigenvalue weighted by atomic mass is 10.2. The average Bonchev–Trinajstić information content (AvgIpc) is 2.70. The molecule has 2 aromatic carbocycles. The second kappa shape index (κ2) is 9.38. The van der Waals surface area contributed by atoms with Gasteiger partial charge < -0.3 is 14.8 Å². The van der Waals surface area contributed by atoms with Crippen molar-refractivity contribution in [1.82, 2.24) is 10.0 Å². The average molecular weight is 392 g/mol. The Morgan fingerprint density at radius 1 is 1.04 bits per heavy atom. The quantitative estimate of drug-likeness (QED) is 0.683. The third-order valence-electron chi connectivity index (χ3n) is 3.87. The Balaban J connectivity index is 2.17. The summed E-state index contributed by atoms with van der Waals surface area (Å²) in [5.74, 6) is 0.542. The predicted octanol–water partition coefficient (Wildman–Crippen LogP) is 2.32. The highest BCUT2D eigenvalue weighted by molar-refractivity contribution is 7.89. The number of rotatable bonds is 9. The summed E-state index contributed by atoms with van der Waals surface area (Å²) in [6.07, 6.45) is 0.656. The van der Waals surface area contributed by atoms with Crippen molar-refractivity contribution in [3.63, 3.8) is 0 Å². The molecule has 0 saturated heterocycles. The van der Waals surface area contributed by atoms with E-state index in [1.54, 1.807) is 19.2 Å². The van der Waals surface area contributed by atoms with Gasteiger partial charge in [0.1, 0.15) is 16.4 Å². The van der Waals surface area contributed by atoms with Crippen molar-refractivity contribution in [2.75, 3.05) is 20.8 Å². The van der Waals surface area contributed by atoms with Crippen LogP contribution in [0.15, 0.2) is 47.4 Å². The van der Waals surface area contributed by atoms with Crippen LogP contribution in [0.5, 0.6) is 11.5 Å². The van der Waals surface area contributed by atoms with E-state index in [-0.39, 0.29) is 22.1 Å². The van der Waals surface area contributed by atoms with Crippen molar-refractivity contribution in [2.24, 2.45) is 0 Å². The Labute approximate surface area is 159 Å². The van der Waals surface area contributed by atoms with Crippen molar-refractivity contribution in [1.29, 1.82) is 0 Å². The van der Waals surface area contributed by atoms with Gasteiger partial charge >= 0.3 is 0 Å². The predicted molar refractivity (Wildman–Crippen MR) is 103 cm³/mol. The summed E-state index contributed by atoms with van der Waals surface area (Å²) in [6.45, 7) is 2.48. The Hall–Kier alpha value is -2.58. The number of benzene rings is 2. The first kappa shape index (κ1) is 20.7. The number of ether oxygens (including phenoxy) is 2. The highest BCUT2D eigenvalue weighted by Crippen LogP contribution is 2.25. The topological polar surface area (TPSA) is 93.7 Å². The largest absolute Gasteiger partial charge is 0.497 e. The second-order valence-electron chi connectivity index (χ2n) is 5.79. The zero-order valence-electron chi connectivity index (χ0n) is 15.6. The van der Waals surface area contributed by atoms with Crippen molar-refractivity contribution in [3.05, 3.63) is 53.6 Å². The molecule has 0 aromatic heterocycles. The summed E-state index contributed by atoms with van der Waals surface area (Å²) in [5.41, 5.74) is 1.14. The van der Waals surface area contributed by atoms with Crippen LogP contribution >= 0.6 is 0 Å². The molecule has 0 unspecified atom stereocenters. The molecule has 146 valence electrons. The molecule has 7 nitrogen and oxygen atoms in total. The molecule has 0 saturated carbocycles. The fourth-order valence-electron chi connectivity index (χ4n) is 2.37. The van der Waals surface area contributed by atoms with E-state index < -0.39 is 10.0 Å². The molecule has 0 aliphatic heterocycles. The zero-order chi connectivity index (χ0) is 19.9. The monoisotopic (exact) mass is 392 g/mol. The molecule has 0 fully saturated rings. The molecule has 8 heteroatoms. The summed E-state index contributed by atoms with van der Waals surface area (Å²) in [5, 5.41) is 2.78. The van der Waals surface area contributed by atoms with E-state index in [4.69, 9.17) is 9.47 Å². The Kier molecular flexibility index (Phi) is 7.20. The minimum Gasteiger partial charge on any atom is -0.497 e. The van der Waals surface area contributed by atoms with Gasteiger partial charge in [0.25, 0.3) is 5.91 Å². The smallest absolute Gasteiger partial charge is 0.251 e. The molecule has 0 bridgehead atoms. The van der Waals surface area contributed by atoms with Crippen LogP contribution in [0.25, 0.3) is 0 Å². The van der Waals surface area contributed by atoms with Crippen LogP contribution in [0.2, 0.25) is 0 Å². The highest BCUT2D eigenvalue weighted by atomic mass is 32.2. The molecule has 0 aliphatic rings. The van der Waals surface area contributed by atoms with Gasteiger partial charge in [-0.05, 0) is 42.3 Å². The van der Waals surface area contributed by atoms with Crippen LogP contribution in [-0.4, -0.2) is 35.1 Å². The lowest BCUT2D eigenvalue weighted by Gasteiger charge is -2.12. The molecular weight excluding hydrogens is 368 g/mol. The third-order valence-corrected chi connectivity index (χ3v) is 5.35. The first-order valence-electron chi connectivity index (χ1n) is 8.50. The van der Waals surface area contributed by atoms with Gasteiger partial charge in [-0.1, -0.05) is 19.1 Å². The lowest BCUT2D eigenvalue weighted by Crippen LogP contribution is -2.26. The molecule has 0 aliphatic carbocycles. The van der Waals surface area contributed by atoms with Crippen molar-refractivity contribution >= 4 is 15.9 Å². The third kappa shape index (κ3) is 5.45. The molecule has 0 radical (unpaired) electrons. The number of hydrogen-bond acceptors (Lipinski definition) is 5. The Bertz CT molecular complexity index is 879. The van der Waals surface area contributed by atoms with E-state index in [9.17, 15) is 13.2 Å². The molecule has 0 heterocycles. The van der Waals surface area contributed by atoms with Gasteiger partial charge in [0.15, 0.2) is 0 Å². The van der Waals surface area contributed by atoms with Crippen molar-refractivity contribution in [3.8, 4) is 11.5 Å². The minimum absolute atomic E-state index is 0.0597. The van der Waals surface area contributed by atoms with E-state index in [1.165, 1.54) is 25.3 Å². The van der Waals surface area contributed by atoms with Gasteiger partial charge in [-0.15, -0.1) is 0 Å². The van der Waals surface area contributed by atoms with Crippen LogP contribution in [0.1, 0.15) is 29.3 Å². The standard InChI is InChI=1S/C19H24N2O5S/c1-4-11-21-27(23,24)18-12-15(7-10-17(18)26-3)19(22)20-13-14-5-8-16(25-2)9-6-14/h5-10,12,21H,4,11,13H2,1-3H3,(H,20,22). The molecule has 1 amide bonds. The van der Waals surface area contributed by atoms with Gasteiger partial charge in [0.2, 0.25) is 10.0 Å². The van der Waals surface area contributed by atoms with Gasteiger partial charge in [-0.3, -0.25) is 4.79 Å². The number of hydrogen-bond donors (Lipinski definition) is 2. The first-order valence-corrected chi connectivity index (χ1v) is 9.98. The van der Waals surface area contributed by atoms with Crippen LogP contribution in [0.4, 0.5) is 0 Å². The SMILES string of the molecule is CCCNS(=O)(=O)c1cc(C(=O)NCc2ccc(OC)cc2)ccc1OC. The number of sulfonamides is 1. The highest BCUT2D eigenvalue weighted by Gasteiger charge is 2.21. The van der Waals surface area contributed by atoms with E-state index >= 15 is 0 Å². The molecule has 0 atom stereocenters. The summed E-state index contributed by atoms with van der Waals surface area (Å²) >= 11 is 0. The summed E-state index contributed by atoms with van der Waals surface area (Å²) in [7, 11) is -0.794. The van der Waals surface area contributed by atoms with Crippen LogP contribution in [0, 0.1) is 0 Å². The van der Waals surface area contributed by atoms with E-state index in [0.717, 1.165) is 11.3 Å². The van der Waals surface area contributed by atoms with Crippen molar-refractivity contribution < 1.29 is 22.7 Å². The number of methoxy groups -OCH3 is 2. The molecule has 2 aromatic rings. The Morgan fingerprint density at radius 3 is 2.33 bits per heavy atom. The van der Waals surface area contributed by atoms with Gasteiger partial charge in [0.05, 0.1) is 14.2 Å². The molecule has 0 spiro atoms. The molecule has 27 heavy (non-hydrogen) atoms. The maximum atomic E-state index is 12.5. The van der Waals surface area contributed by atoms with Crippen LogP contribution in [0.3, 0.4) is 0 Å². The molecule has 2 rings (SSSR count). The fourth-order valence-corrected chi connectivity index (χ4v) is 3.70. The van der Waals surface area contributed by atoms with Gasteiger partial charge in [0, 0.05) is 18.7 Å². The maximum Gasteiger partial charge on any atom is 0.251 e. The number of nitrogens with one attached hydrogen (secondary N) is 2. The van der Waals surface area contributed by atoms with Crippen LogP contribution in [-0.2, 0) is 16.6 Å². The summed E-state index contributed by atoms with van der Waals surface area (Å²) in [4.78, 5) is 12.4. The fraction of sp³-hybridized carbons (Fsp3) is 0.316. The lowest BCUT2D eigenvalue weighted by molar-refractivity contribution is 0.0950.